The Morgan fingerprint density at radius 3 is 2.53 bits per heavy atom. The van der Waals surface area contributed by atoms with Gasteiger partial charge < -0.3 is 4.74 Å². The van der Waals surface area contributed by atoms with E-state index in [0.29, 0.717) is 22.2 Å². The zero-order valence-corrected chi connectivity index (χ0v) is 13.4. The van der Waals surface area contributed by atoms with Crippen molar-refractivity contribution in [2.24, 2.45) is 0 Å². The highest BCUT2D eigenvalue weighted by molar-refractivity contribution is 14.1. The molecular formula is C14H9Cl2IO2. The first kappa shape index (κ1) is 14.6. The zero-order chi connectivity index (χ0) is 13.8. The molecule has 2 nitrogen and oxygen atoms in total. The number of hydrogen-bond acceptors (Lipinski definition) is 2. The second kappa shape index (κ2) is 6.59. The second-order valence-electron chi connectivity index (χ2n) is 3.84. The van der Waals surface area contributed by atoms with E-state index in [1.54, 1.807) is 30.3 Å². The molecule has 19 heavy (non-hydrogen) atoms. The van der Waals surface area contributed by atoms with Gasteiger partial charge in [-0.15, -0.1) is 0 Å². The first-order valence-corrected chi connectivity index (χ1v) is 7.25. The van der Waals surface area contributed by atoms with Crippen molar-refractivity contribution in [3.8, 4) is 5.75 Å². The maximum Gasteiger partial charge on any atom is 0.150 e. The van der Waals surface area contributed by atoms with Crippen LogP contribution in [0.5, 0.6) is 5.75 Å². The second-order valence-corrected chi connectivity index (χ2v) is 5.82. The van der Waals surface area contributed by atoms with Gasteiger partial charge in [0.25, 0.3) is 0 Å². The molecule has 0 amide bonds. The molecule has 0 fully saturated rings. The first-order chi connectivity index (χ1) is 9.10. The summed E-state index contributed by atoms with van der Waals surface area (Å²) in [6.07, 6.45) is 0.810. The molecule has 0 bridgehead atoms. The molecule has 0 heterocycles. The number of aldehydes is 1. The van der Waals surface area contributed by atoms with Crippen LogP contribution in [0, 0.1) is 3.57 Å². The normalized spacial score (nSPS) is 10.3. The molecule has 0 saturated carbocycles. The molecule has 0 aliphatic heterocycles. The van der Waals surface area contributed by atoms with Crippen LogP contribution >= 0.6 is 45.8 Å². The van der Waals surface area contributed by atoms with E-state index in [-0.39, 0.29) is 0 Å². The van der Waals surface area contributed by atoms with Gasteiger partial charge in [0, 0.05) is 5.56 Å². The van der Waals surface area contributed by atoms with Crippen LogP contribution < -0.4 is 4.74 Å². The number of hydrogen-bond donors (Lipinski definition) is 0. The van der Waals surface area contributed by atoms with Crippen LogP contribution in [-0.4, -0.2) is 6.29 Å². The van der Waals surface area contributed by atoms with Crippen molar-refractivity contribution in [1.29, 1.82) is 0 Å². The summed E-state index contributed by atoms with van der Waals surface area (Å²) >= 11 is 13.9. The molecule has 0 aromatic heterocycles. The van der Waals surface area contributed by atoms with Crippen LogP contribution in [0.2, 0.25) is 10.0 Å². The van der Waals surface area contributed by atoms with Crippen molar-refractivity contribution in [3.63, 3.8) is 0 Å². The summed E-state index contributed by atoms with van der Waals surface area (Å²) in [5, 5.41) is 1.03. The largest absolute Gasteiger partial charge is 0.488 e. The maximum absolute atomic E-state index is 10.6. The third-order valence-corrected chi connectivity index (χ3v) is 4.05. The summed E-state index contributed by atoms with van der Waals surface area (Å²) in [5.41, 5.74) is 1.57. The van der Waals surface area contributed by atoms with Crippen molar-refractivity contribution in [3.05, 3.63) is 61.1 Å². The Labute approximate surface area is 134 Å². The highest BCUT2D eigenvalue weighted by atomic mass is 127. The van der Waals surface area contributed by atoms with E-state index >= 15 is 0 Å². The van der Waals surface area contributed by atoms with Crippen LogP contribution in [0.1, 0.15) is 15.9 Å². The Morgan fingerprint density at radius 2 is 1.89 bits per heavy atom. The lowest BCUT2D eigenvalue weighted by Crippen LogP contribution is -1.97. The molecule has 2 aromatic rings. The molecule has 0 atom stereocenters. The van der Waals surface area contributed by atoms with Crippen LogP contribution in [-0.2, 0) is 6.61 Å². The van der Waals surface area contributed by atoms with Crippen molar-refractivity contribution >= 4 is 52.1 Å². The van der Waals surface area contributed by atoms with E-state index in [2.05, 4.69) is 22.6 Å². The number of carbonyl (C=O) groups excluding carboxylic acids is 1. The minimum Gasteiger partial charge on any atom is -0.488 e. The Balaban J connectivity index is 2.09. The average molecular weight is 407 g/mol. The lowest BCUT2D eigenvalue weighted by molar-refractivity contribution is 0.112. The fourth-order valence-electron chi connectivity index (χ4n) is 1.50. The summed E-state index contributed by atoms with van der Waals surface area (Å²) < 4.78 is 6.58. The Morgan fingerprint density at radius 1 is 1.11 bits per heavy atom. The predicted molar refractivity (Wildman–Crippen MR) is 85.3 cm³/mol. The van der Waals surface area contributed by atoms with Gasteiger partial charge in [-0.1, -0.05) is 29.3 Å². The van der Waals surface area contributed by atoms with E-state index in [1.165, 1.54) is 0 Å². The van der Waals surface area contributed by atoms with Crippen molar-refractivity contribution in [2.75, 3.05) is 0 Å². The summed E-state index contributed by atoms with van der Waals surface area (Å²) in [5.74, 6) is 0.734. The van der Waals surface area contributed by atoms with Crippen molar-refractivity contribution in [2.45, 2.75) is 6.61 Å². The number of ether oxygens (including phenoxy) is 1. The molecule has 0 radical (unpaired) electrons. The van der Waals surface area contributed by atoms with Gasteiger partial charge in [-0.05, 0) is 58.5 Å². The topological polar surface area (TPSA) is 26.3 Å². The van der Waals surface area contributed by atoms with E-state index in [0.717, 1.165) is 21.2 Å². The van der Waals surface area contributed by atoms with Gasteiger partial charge in [0.2, 0.25) is 0 Å². The van der Waals surface area contributed by atoms with E-state index in [1.807, 2.05) is 6.07 Å². The van der Waals surface area contributed by atoms with Gasteiger partial charge in [0.15, 0.2) is 0 Å². The molecule has 0 aliphatic carbocycles. The van der Waals surface area contributed by atoms with Gasteiger partial charge in [-0.3, -0.25) is 4.79 Å². The standard InChI is InChI=1S/C14H9Cl2IO2/c15-11-3-1-10(5-12(11)16)8-19-14-4-2-9(7-18)6-13(14)17/h1-7H,8H2. The first-order valence-electron chi connectivity index (χ1n) is 5.41. The zero-order valence-electron chi connectivity index (χ0n) is 9.70. The molecular weight excluding hydrogens is 398 g/mol. The fraction of sp³-hybridized carbons (Fsp3) is 0.0714. The molecule has 2 rings (SSSR count). The molecule has 0 N–H and O–H groups in total. The van der Waals surface area contributed by atoms with Gasteiger partial charge in [0.1, 0.15) is 18.6 Å². The van der Waals surface area contributed by atoms with E-state index < -0.39 is 0 Å². The number of halogens is 3. The van der Waals surface area contributed by atoms with Gasteiger partial charge in [0.05, 0.1) is 13.6 Å². The smallest absolute Gasteiger partial charge is 0.150 e. The van der Waals surface area contributed by atoms with Crippen LogP contribution in [0.4, 0.5) is 0 Å². The quantitative estimate of drug-likeness (QED) is 0.528. The summed E-state index contributed by atoms with van der Waals surface area (Å²) in [6, 6.07) is 10.7. The van der Waals surface area contributed by atoms with Gasteiger partial charge >= 0.3 is 0 Å². The molecule has 0 spiro atoms. The van der Waals surface area contributed by atoms with Crippen LogP contribution in [0.3, 0.4) is 0 Å². The van der Waals surface area contributed by atoms with Crippen LogP contribution in [0.15, 0.2) is 36.4 Å². The van der Waals surface area contributed by atoms with Crippen LogP contribution in [0.25, 0.3) is 0 Å². The molecule has 0 aliphatic rings. The third-order valence-electron chi connectivity index (χ3n) is 2.47. The number of carbonyl (C=O) groups is 1. The molecule has 98 valence electrons. The summed E-state index contributed by atoms with van der Waals surface area (Å²) in [6.45, 7) is 0.396. The SMILES string of the molecule is O=Cc1ccc(OCc2ccc(Cl)c(Cl)c2)c(I)c1. The Kier molecular flexibility index (Phi) is 5.07. The molecule has 0 unspecified atom stereocenters. The Hall–Kier alpha value is -0.780. The number of rotatable bonds is 4. The van der Waals surface area contributed by atoms with E-state index in [9.17, 15) is 4.79 Å². The summed E-state index contributed by atoms with van der Waals surface area (Å²) in [4.78, 5) is 10.6. The highest BCUT2D eigenvalue weighted by Gasteiger charge is 2.04. The highest BCUT2D eigenvalue weighted by Crippen LogP contribution is 2.25. The third kappa shape index (κ3) is 3.84. The van der Waals surface area contributed by atoms with Crippen molar-refractivity contribution in [1.82, 2.24) is 0 Å². The lowest BCUT2D eigenvalue weighted by atomic mass is 10.2. The summed E-state index contributed by atoms with van der Waals surface area (Å²) in [7, 11) is 0. The van der Waals surface area contributed by atoms with Gasteiger partial charge in [-0.25, -0.2) is 0 Å². The lowest BCUT2D eigenvalue weighted by Gasteiger charge is -2.09. The fourth-order valence-corrected chi connectivity index (χ4v) is 2.51. The predicted octanol–water partition coefficient (Wildman–Crippen LogP) is 4.99. The van der Waals surface area contributed by atoms with Gasteiger partial charge in [-0.2, -0.15) is 0 Å². The molecule has 0 saturated heterocycles. The van der Waals surface area contributed by atoms with Crippen molar-refractivity contribution < 1.29 is 9.53 Å². The average Bonchev–Trinajstić information content (AvgIpc) is 2.41. The van der Waals surface area contributed by atoms with E-state index in [4.69, 9.17) is 27.9 Å². The molecule has 2 aromatic carbocycles. The minimum atomic E-state index is 0.396. The maximum atomic E-state index is 10.6. The molecule has 5 heteroatoms. The monoisotopic (exact) mass is 406 g/mol. The number of benzene rings is 2. The Bertz CT molecular complexity index is 614. The minimum absolute atomic E-state index is 0.396.